The van der Waals surface area contributed by atoms with E-state index in [0.717, 1.165) is 12.0 Å². The number of hydrogen-bond donors (Lipinski definition) is 2. The zero-order valence-corrected chi connectivity index (χ0v) is 11.6. The molecule has 0 heterocycles. The van der Waals surface area contributed by atoms with Crippen LogP contribution in [0.3, 0.4) is 0 Å². The number of nitrogens with two attached hydrogens (primary N) is 1. The van der Waals surface area contributed by atoms with Crippen LogP contribution in [-0.4, -0.2) is 32.7 Å². The minimum absolute atomic E-state index is 0.0438. The van der Waals surface area contributed by atoms with Crippen LogP contribution in [0.1, 0.15) is 18.9 Å². The van der Waals surface area contributed by atoms with E-state index in [9.17, 15) is 4.79 Å². The van der Waals surface area contributed by atoms with Crippen molar-refractivity contribution in [3.05, 3.63) is 23.8 Å². The van der Waals surface area contributed by atoms with Gasteiger partial charge in [0.1, 0.15) is 0 Å². The van der Waals surface area contributed by atoms with E-state index in [0.29, 0.717) is 37.7 Å². The average Bonchev–Trinajstić information content (AvgIpc) is 2.41. The highest BCUT2D eigenvalue weighted by atomic mass is 16.5. The van der Waals surface area contributed by atoms with E-state index in [-0.39, 0.29) is 5.91 Å². The Hall–Kier alpha value is -1.75. The lowest BCUT2D eigenvalue weighted by atomic mass is 10.1. The van der Waals surface area contributed by atoms with Gasteiger partial charge in [0.15, 0.2) is 11.5 Å². The summed E-state index contributed by atoms with van der Waals surface area (Å²) in [6.45, 7) is 3.42. The summed E-state index contributed by atoms with van der Waals surface area (Å²) in [6.07, 6.45) is 1.13. The first-order chi connectivity index (χ1) is 9.21. The van der Waals surface area contributed by atoms with Gasteiger partial charge in [-0.1, -0.05) is 6.07 Å². The number of nitrogens with one attached hydrogen (secondary N) is 1. The lowest BCUT2D eigenvalue weighted by Crippen LogP contribution is -2.20. The van der Waals surface area contributed by atoms with Crippen molar-refractivity contribution in [2.75, 3.05) is 26.8 Å². The van der Waals surface area contributed by atoms with Crippen molar-refractivity contribution in [1.82, 2.24) is 5.32 Å². The number of hydrogen-bond acceptors (Lipinski definition) is 4. The van der Waals surface area contributed by atoms with Gasteiger partial charge in [-0.3, -0.25) is 4.79 Å². The van der Waals surface area contributed by atoms with Crippen LogP contribution < -0.4 is 20.5 Å². The number of carbonyl (C=O) groups is 1. The Balaban J connectivity index is 2.67. The van der Waals surface area contributed by atoms with Crippen molar-refractivity contribution in [3.63, 3.8) is 0 Å². The number of carbonyl (C=O) groups excluding carboxylic acids is 1. The molecule has 1 aromatic rings. The summed E-state index contributed by atoms with van der Waals surface area (Å²) >= 11 is 0. The van der Waals surface area contributed by atoms with E-state index < -0.39 is 0 Å². The monoisotopic (exact) mass is 266 g/mol. The predicted octanol–water partition coefficient (Wildman–Crippen LogP) is 1.10. The van der Waals surface area contributed by atoms with Crippen molar-refractivity contribution in [3.8, 4) is 11.5 Å². The van der Waals surface area contributed by atoms with Gasteiger partial charge in [0.05, 0.1) is 19.6 Å². The molecule has 0 aliphatic carbocycles. The standard InChI is InChI=1S/C14H22N2O3/c1-3-18-13-10-11(6-8-15)4-5-12(13)19-9-7-14(17)16-2/h4-5,10H,3,6-9,15H2,1-2H3,(H,16,17). The van der Waals surface area contributed by atoms with E-state index in [1.54, 1.807) is 7.05 Å². The summed E-state index contributed by atoms with van der Waals surface area (Å²) < 4.78 is 11.1. The minimum atomic E-state index is -0.0438. The van der Waals surface area contributed by atoms with E-state index in [4.69, 9.17) is 15.2 Å². The van der Waals surface area contributed by atoms with E-state index >= 15 is 0 Å². The van der Waals surface area contributed by atoms with Crippen LogP contribution in [0.5, 0.6) is 11.5 Å². The molecule has 0 saturated carbocycles. The predicted molar refractivity (Wildman–Crippen MR) is 74.5 cm³/mol. The van der Waals surface area contributed by atoms with Gasteiger partial charge in [-0.25, -0.2) is 0 Å². The summed E-state index contributed by atoms with van der Waals surface area (Å²) in [6, 6.07) is 5.76. The fourth-order valence-electron chi connectivity index (χ4n) is 1.64. The Labute approximate surface area is 114 Å². The van der Waals surface area contributed by atoms with Crippen molar-refractivity contribution >= 4 is 5.91 Å². The molecule has 106 valence electrons. The molecule has 0 unspecified atom stereocenters. The molecule has 1 aromatic carbocycles. The minimum Gasteiger partial charge on any atom is -0.490 e. The van der Waals surface area contributed by atoms with Crippen LogP contribution in [0.4, 0.5) is 0 Å². The van der Waals surface area contributed by atoms with Crippen molar-refractivity contribution < 1.29 is 14.3 Å². The molecule has 0 saturated heterocycles. The molecule has 5 nitrogen and oxygen atoms in total. The maximum absolute atomic E-state index is 11.1. The van der Waals surface area contributed by atoms with Crippen LogP contribution in [0.15, 0.2) is 18.2 Å². The van der Waals surface area contributed by atoms with E-state index in [1.165, 1.54) is 0 Å². The summed E-state index contributed by atoms with van der Waals surface area (Å²) in [7, 11) is 1.61. The Kier molecular flexibility index (Phi) is 6.74. The molecular formula is C14H22N2O3. The number of amides is 1. The van der Waals surface area contributed by atoms with Gasteiger partial charge in [-0.15, -0.1) is 0 Å². The van der Waals surface area contributed by atoms with Gasteiger partial charge in [0.25, 0.3) is 0 Å². The second-order valence-corrected chi connectivity index (χ2v) is 4.02. The Bertz CT molecular complexity index is 408. The van der Waals surface area contributed by atoms with Crippen molar-refractivity contribution in [2.45, 2.75) is 19.8 Å². The highest BCUT2D eigenvalue weighted by Gasteiger charge is 2.07. The lowest BCUT2D eigenvalue weighted by Gasteiger charge is -2.13. The summed E-state index contributed by atoms with van der Waals surface area (Å²) in [4.78, 5) is 11.1. The van der Waals surface area contributed by atoms with E-state index in [1.807, 2.05) is 25.1 Å². The van der Waals surface area contributed by atoms with Crippen LogP contribution in [-0.2, 0) is 11.2 Å². The third-order valence-electron chi connectivity index (χ3n) is 2.61. The molecule has 1 rings (SSSR count). The molecule has 1 amide bonds. The largest absolute Gasteiger partial charge is 0.490 e. The fraction of sp³-hybridized carbons (Fsp3) is 0.500. The summed E-state index contributed by atoms with van der Waals surface area (Å²) in [5.74, 6) is 1.31. The molecule has 0 aliphatic rings. The summed E-state index contributed by atoms with van der Waals surface area (Å²) in [5, 5.41) is 2.55. The molecule has 0 bridgehead atoms. The number of ether oxygens (including phenoxy) is 2. The number of benzene rings is 1. The van der Waals surface area contributed by atoms with Crippen LogP contribution >= 0.6 is 0 Å². The Morgan fingerprint density at radius 2 is 2.11 bits per heavy atom. The third-order valence-corrected chi connectivity index (χ3v) is 2.61. The molecule has 0 aliphatic heterocycles. The van der Waals surface area contributed by atoms with Gasteiger partial charge in [0, 0.05) is 7.05 Å². The Morgan fingerprint density at radius 1 is 1.32 bits per heavy atom. The molecule has 0 spiro atoms. The van der Waals surface area contributed by atoms with Gasteiger partial charge < -0.3 is 20.5 Å². The first-order valence-electron chi connectivity index (χ1n) is 6.50. The zero-order chi connectivity index (χ0) is 14.1. The molecule has 3 N–H and O–H groups in total. The molecule has 0 aromatic heterocycles. The molecule has 0 atom stereocenters. The molecule has 0 fully saturated rings. The maximum atomic E-state index is 11.1. The highest BCUT2D eigenvalue weighted by Crippen LogP contribution is 2.28. The second kappa shape index (κ2) is 8.37. The van der Waals surface area contributed by atoms with Crippen LogP contribution in [0.25, 0.3) is 0 Å². The zero-order valence-electron chi connectivity index (χ0n) is 11.6. The van der Waals surface area contributed by atoms with Crippen molar-refractivity contribution in [2.24, 2.45) is 5.73 Å². The van der Waals surface area contributed by atoms with Crippen LogP contribution in [0.2, 0.25) is 0 Å². The smallest absolute Gasteiger partial charge is 0.223 e. The summed E-state index contributed by atoms with van der Waals surface area (Å²) in [5.41, 5.74) is 6.65. The molecule has 19 heavy (non-hydrogen) atoms. The first-order valence-corrected chi connectivity index (χ1v) is 6.50. The van der Waals surface area contributed by atoms with Crippen molar-refractivity contribution in [1.29, 1.82) is 0 Å². The topological polar surface area (TPSA) is 73.6 Å². The third kappa shape index (κ3) is 5.18. The maximum Gasteiger partial charge on any atom is 0.223 e. The van der Waals surface area contributed by atoms with Gasteiger partial charge >= 0.3 is 0 Å². The average molecular weight is 266 g/mol. The fourth-order valence-corrected chi connectivity index (χ4v) is 1.64. The van der Waals surface area contributed by atoms with Gasteiger partial charge in [-0.2, -0.15) is 0 Å². The van der Waals surface area contributed by atoms with Crippen LogP contribution in [0, 0.1) is 0 Å². The molecular weight excluding hydrogens is 244 g/mol. The van der Waals surface area contributed by atoms with Gasteiger partial charge in [0.2, 0.25) is 5.91 Å². The highest BCUT2D eigenvalue weighted by molar-refractivity contribution is 5.75. The quantitative estimate of drug-likeness (QED) is 0.739. The Morgan fingerprint density at radius 3 is 2.74 bits per heavy atom. The molecule has 5 heteroatoms. The first kappa shape index (κ1) is 15.3. The van der Waals surface area contributed by atoms with Gasteiger partial charge in [-0.05, 0) is 37.6 Å². The number of rotatable bonds is 8. The lowest BCUT2D eigenvalue weighted by molar-refractivity contribution is -0.121. The normalized spacial score (nSPS) is 10.1. The van der Waals surface area contributed by atoms with E-state index in [2.05, 4.69) is 5.32 Å². The second-order valence-electron chi connectivity index (χ2n) is 4.02. The molecule has 0 radical (unpaired) electrons. The SMILES string of the molecule is CCOc1cc(CCN)ccc1OCCC(=O)NC.